The zero-order valence-electron chi connectivity index (χ0n) is 15.8. The summed E-state index contributed by atoms with van der Waals surface area (Å²) in [6.07, 6.45) is 0. The van der Waals surface area contributed by atoms with Crippen molar-refractivity contribution in [2.24, 2.45) is 0 Å². The molecular formula is C23H23NO2S. The van der Waals surface area contributed by atoms with E-state index in [-0.39, 0.29) is 10.9 Å². The zero-order valence-corrected chi connectivity index (χ0v) is 16.6. The van der Waals surface area contributed by atoms with Crippen LogP contribution < -0.4 is 13.8 Å². The summed E-state index contributed by atoms with van der Waals surface area (Å²) < 4.78 is 11.4. The Balaban J connectivity index is 1.59. The van der Waals surface area contributed by atoms with Crippen molar-refractivity contribution in [3.05, 3.63) is 90.0 Å². The molecule has 1 aliphatic rings. The molecule has 1 fully saturated rings. The smallest absolute Gasteiger partial charge is 0.146 e. The minimum atomic E-state index is -0.180. The van der Waals surface area contributed by atoms with Gasteiger partial charge in [-0.2, -0.15) is 0 Å². The molecule has 1 heterocycles. The lowest BCUT2D eigenvalue weighted by Crippen LogP contribution is -2.10. The lowest BCUT2D eigenvalue weighted by molar-refractivity contribution is 0.415. The Kier molecular flexibility index (Phi) is 4.75. The first-order valence-electron chi connectivity index (χ1n) is 9.02. The van der Waals surface area contributed by atoms with Gasteiger partial charge in [0.05, 0.1) is 25.2 Å². The predicted octanol–water partition coefficient (Wildman–Crippen LogP) is 6.01. The third-order valence-electron chi connectivity index (χ3n) is 4.97. The third kappa shape index (κ3) is 3.50. The number of nitrogens with zero attached hydrogens (tertiary/aromatic N) is 1. The molecule has 3 nitrogen and oxygen atoms in total. The van der Waals surface area contributed by atoms with Gasteiger partial charge in [-0.25, -0.2) is 0 Å². The van der Waals surface area contributed by atoms with Crippen molar-refractivity contribution < 1.29 is 8.92 Å². The van der Waals surface area contributed by atoms with Crippen molar-refractivity contribution in [1.29, 1.82) is 0 Å². The molecule has 0 aliphatic carbocycles. The molecule has 3 aromatic rings. The second-order valence-electron chi connectivity index (χ2n) is 6.92. The molecule has 0 unspecified atom stereocenters. The number of anilines is 1. The second kappa shape index (κ2) is 7.20. The molecule has 1 aliphatic heterocycles. The van der Waals surface area contributed by atoms with Gasteiger partial charge in [-0.05, 0) is 55.8 Å². The van der Waals surface area contributed by atoms with Gasteiger partial charge >= 0.3 is 0 Å². The van der Waals surface area contributed by atoms with E-state index in [0.29, 0.717) is 0 Å². The first-order valence-corrected chi connectivity index (χ1v) is 9.77. The van der Waals surface area contributed by atoms with Gasteiger partial charge in [-0.15, -0.1) is 0 Å². The number of methoxy groups -OCH3 is 1. The highest BCUT2D eigenvalue weighted by Gasteiger charge is 2.62. The molecule has 3 aromatic carbocycles. The molecule has 138 valence electrons. The fraction of sp³-hybridized carbons (Fsp3) is 0.217. The van der Waals surface area contributed by atoms with Crippen LogP contribution in [0.15, 0.2) is 78.9 Å². The summed E-state index contributed by atoms with van der Waals surface area (Å²) >= 11 is 1.51. The fourth-order valence-electron chi connectivity index (χ4n) is 3.43. The Hall–Kier alpha value is -2.59. The highest BCUT2D eigenvalue weighted by atomic mass is 32.2. The quantitative estimate of drug-likeness (QED) is 0.387. The van der Waals surface area contributed by atoms with Crippen LogP contribution in [0.5, 0.6) is 11.5 Å². The van der Waals surface area contributed by atoms with Gasteiger partial charge in [-0.3, -0.25) is 0 Å². The molecule has 0 N–H and O–H groups in total. The zero-order chi connectivity index (χ0) is 18.9. The molecule has 27 heavy (non-hydrogen) atoms. The van der Waals surface area contributed by atoms with E-state index in [1.54, 1.807) is 7.11 Å². The average molecular weight is 378 g/mol. The van der Waals surface area contributed by atoms with E-state index in [1.165, 1.54) is 23.2 Å². The van der Waals surface area contributed by atoms with Crippen molar-refractivity contribution in [2.45, 2.75) is 24.8 Å². The molecule has 0 spiro atoms. The van der Waals surface area contributed by atoms with Gasteiger partial charge in [0.25, 0.3) is 0 Å². The first kappa shape index (κ1) is 17.8. The molecule has 4 heteroatoms. The van der Waals surface area contributed by atoms with Crippen LogP contribution in [0.1, 0.15) is 24.1 Å². The standard InChI is InChI=1S/C23H23NO2S/c1-17-9-13-21(14-10-17)26-27-23(2)22(18-7-5-4-6-8-18)24(23)19-11-15-20(25-3)16-12-19/h4-16,22H,1-3H3/t22-,23-,24?/m1/s1. The van der Waals surface area contributed by atoms with Gasteiger partial charge in [0.1, 0.15) is 16.4 Å². The molecule has 0 radical (unpaired) electrons. The summed E-state index contributed by atoms with van der Waals surface area (Å²) in [4.78, 5) is 2.21. The van der Waals surface area contributed by atoms with E-state index in [0.717, 1.165) is 17.2 Å². The van der Waals surface area contributed by atoms with Crippen LogP contribution in [-0.2, 0) is 0 Å². The number of benzene rings is 3. The summed E-state index contributed by atoms with van der Waals surface area (Å²) in [5.74, 6) is 1.74. The highest BCUT2D eigenvalue weighted by Crippen LogP contribution is 2.61. The number of ether oxygens (including phenoxy) is 1. The minimum absolute atomic E-state index is 0.180. The topological polar surface area (TPSA) is 21.5 Å². The number of hydrogen-bond donors (Lipinski definition) is 0. The van der Waals surface area contributed by atoms with Gasteiger partial charge in [0.2, 0.25) is 0 Å². The first-order chi connectivity index (χ1) is 13.1. The van der Waals surface area contributed by atoms with Gasteiger partial charge in [-0.1, -0.05) is 48.0 Å². The van der Waals surface area contributed by atoms with E-state index >= 15 is 0 Å². The molecular weight excluding hydrogens is 354 g/mol. The van der Waals surface area contributed by atoms with Crippen LogP contribution in [0.3, 0.4) is 0 Å². The van der Waals surface area contributed by atoms with Crippen molar-refractivity contribution in [2.75, 3.05) is 12.0 Å². The molecule has 4 rings (SSSR count). The highest BCUT2D eigenvalue weighted by molar-refractivity contribution is 7.96. The summed E-state index contributed by atoms with van der Waals surface area (Å²) in [7, 11) is 1.69. The Bertz CT molecular complexity index is 896. The van der Waals surface area contributed by atoms with Gasteiger partial charge in [0.15, 0.2) is 0 Å². The van der Waals surface area contributed by atoms with E-state index < -0.39 is 0 Å². The van der Waals surface area contributed by atoms with Crippen molar-refractivity contribution in [1.82, 2.24) is 0 Å². The molecule has 0 saturated carbocycles. The van der Waals surface area contributed by atoms with Crippen molar-refractivity contribution >= 4 is 17.7 Å². The Labute approximate surface area is 165 Å². The molecule has 2 atom stereocenters. The normalized spacial score (nSPS) is 21.0. The van der Waals surface area contributed by atoms with E-state index in [4.69, 9.17) is 8.92 Å². The SMILES string of the molecule is COc1ccc(N2[C@H](c3ccccc3)[C@@]2(C)SOc2ccc(C)cc2)cc1. The third-order valence-corrected chi connectivity index (χ3v) is 6.00. The Morgan fingerprint density at radius 2 is 1.48 bits per heavy atom. The lowest BCUT2D eigenvalue weighted by atomic mass is 10.1. The van der Waals surface area contributed by atoms with Gasteiger partial charge in [0, 0.05) is 5.69 Å². The van der Waals surface area contributed by atoms with Crippen molar-refractivity contribution in [3.8, 4) is 11.5 Å². The Morgan fingerprint density at radius 3 is 2.11 bits per heavy atom. The average Bonchev–Trinajstić information content (AvgIpc) is 3.34. The Morgan fingerprint density at radius 1 is 0.852 bits per heavy atom. The number of hydrogen-bond acceptors (Lipinski definition) is 4. The monoisotopic (exact) mass is 377 g/mol. The van der Waals surface area contributed by atoms with Crippen LogP contribution in [-0.4, -0.2) is 12.0 Å². The van der Waals surface area contributed by atoms with Gasteiger partial charge < -0.3 is 13.8 Å². The predicted molar refractivity (Wildman–Crippen MR) is 112 cm³/mol. The van der Waals surface area contributed by atoms with E-state index in [9.17, 15) is 0 Å². The largest absolute Gasteiger partial charge is 0.497 e. The fourth-order valence-corrected chi connectivity index (χ4v) is 4.37. The van der Waals surface area contributed by atoms with Crippen LogP contribution in [0.2, 0.25) is 0 Å². The van der Waals surface area contributed by atoms with E-state index in [2.05, 4.69) is 73.3 Å². The van der Waals surface area contributed by atoms with Crippen LogP contribution in [0.25, 0.3) is 0 Å². The number of aryl methyl sites for hydroxylation is 1. The van der Waals surface area contributed by atoms with Crippen LogP contribution >= 0.6 is 12.0 Å². The summed E-state index contributed by atoms with van der Waals surface area (Å²) in [6.45, 7) is 4.31. The summed E-state index contributed by atoms with van der Waals surface area (Å²) in [6, 6.07) is 27.2. The molecule has 0 aromatic heterocycles. The summed E-state index contributed by atoms with van der Waals surface area (Å²) in [5.41, 5.74) is 3.68. The number of rotatable bonds is 6. The summed E-state index contributed by atoms with van der Waals surface area (Å²) in [5, 5.41) is 0. The molecule has 0 bridgehead atoms. The minimum Gasteiger partial charge on any atom is -0.497 e. The maximum absolute atomic E-state index is 6.09. The molecule has 0 amide bonds. The van der Waals surface area contributed by atoms with Crippen molar-refractivity contribution in [3.63, 3.8) is 0 Å². The van der Waals surface area contributed by atoms with E-state index in [1.807, 2.05) is 24.3 Å². The lowest BCUT2D eigenvalue weighted by Gasteiger charge is -2.13. The second-order valence-corrected chi connectivity index (χ2v) is 8.08. The molecule has 1 saturated heterocycles. The van der Waals surface area contributed by atoms with Crippen LogP contribution in [0.4, 0.5) is 5.69 Å². The maximum atomic E-state index is 6.09. The van der Waals surface area contributed by atoms with Crippen LogP contribution in [0, 0.1) is 6.92 Å². The maximum Gasteiger partial charge on any atom is 0.146 e.